The monoisotopic (exact) mass is 704 g/mol. The molecule has 2 atom stereocenters. The van der Waals surface area contributed by atoms with Crippen LogP contribution in [0.1, 0.15) is 123 Å². The molecule has 0 fully saturated rings. The minimum atomic E-state index is -0.373. The van der Waals surface area contributed by atoms with Crippen LogP contribution >= 0.6 is 34.4 Å². The van der Waals surface area contributed by atoms with Crippen LogP contribution in [0.3, 0.4) is 0 Å². The molecular formula is C36H52N2O6S3. The molecule has 0 saturated heterocycles. The molecule has 0 aliphatic heterocycles. The number of carbonyl (C=O) groups is 4. The molecule has 8 nitrogen and oxygen atoms in total. The zero-order valence-corrected chi connectivity index (χ0v) is 31.8. The van der Waals surface area contributed by atoms with Gasteiger partial charge < -0.3 is 20.1 Å². The Morgan fingerprint density at radius 1 is 0.702 bits per heavy atom. The van der Waals surface area contributed by atoms with Gasteiger partial charge in [0.25, 0.3) is 0 Å². The Kier molecular flexibility index (Phi) is 12.7. The molecule has 2 amide bonds. The molecule has 2 aromatic rings. The highest BCUT2D eigenvalue weighted by Crippen LogP contribution is 2.46. The van der Waals surface area contributed by atoms with E-state index in [9.17, 15) is 19.2 Å². The largest absolute Gasteiger partial charge is 0.462 e. The summed E-state index contributed by atoms with van der Waals surface area (Å²) in [6.07, 6.45) is 5.96. The van der Waals surface area contributed by atoms with E-state index in [1.165, 1.54) is 44.2 Å². The van der Waals surface area contributed by atoms with Gasteiger partial charge in [-0.3, -0.25) is 9.59 Å². The highest BCUT2D eigenvalue weighted by atomic mass is 32.2. The maximum Gasteiger partial charge on any atom is 0.341 e. The molecule has 2 aromatic heterocycles. The Hall–Kier alpha value is -2.37. The lowest BCUT2D eigenvalue weighted by Crippen LogP contribution is -2.26. The van der Waals surface area contributed by atoms with E-state index in [0.29, 0.717) is 44.5 Å². The third-order valence-corrected chi connectivity index (χ3v) is 12.7. The maximum absolute atomic E-state index is 13.0. The van der Waals surface area contributed by atoms with Crippen molar-refractivity contribution in [3.8, 4) is 0 Å². The fraction of sp³-hybridized carbons (Fsp3) is 0.667. The van der Waals surface area contributed by atoms with Gasteiger partial charge >= 0.3 is 11.9 Å². The molecule has 0 bridgehead atoms. The van der Waals surface area contributed by atoms with E-state index in [1.807, 2.05) is 0 Å². The third kappa shape index (κ3) is 9.41. The molecule has 2 N–H and O–H groups in total. The van der Waals surface area contributed by atoms with Crippen molar-refractivity contribution < 1.29 is 28.7 Å². The number of ether oxygens (including phenoxy) is 2. The summed E-state index contributed by atoms with van der Waals surface area (Å²) >= 11 is 4.54. The first-order valence-electron chi connectivity index (χ1n) is 16.9. The first-order chi connectivity index (χ1) is 22.1. The van der Waals surface area contributed by atoms with Crippen LogP contribution in [0.25, 0.3) is 0 Å². The number of amides is 2. The summed E-state index contributed by atoms with van der Waals surface area (Å²) in [6.45, 7) is 17.7. The molecule has 2 unspecified atom stereocenters. The van der Waals surface area contributed by atoms with Gasteiger partial charge in [0, 0.05) is 34.1 Å². The zero-order chi connectivity index (χ0) is 34.5. The van der Waals surface area contributed by atoms with Crippen LogP contribution in [-0.4, -0.2) is 48.5 Å². The fourth-order valence-corrected chi connectivity index (χ4v) is 10.0. The quantitative estimate of drug-likeness (QED) is 0.168. The third-order valence-electron chi connectivity index (χ3n) is 9.39. The van der Waals surface area contributed by atoms with Crippen LogP contribution in [0, 0.1) is 22.7 Å². The topological polar surface area (TPSA) is 111 Å². The number of thiophene rings is 2. The summed E-state index contributed by atoms with van der Waals surface area (Å²) in [4.78, 5) is 54.1. The Bertz CT molecular complexity index is 1350. The summed E-state index contributed by atoms with van der Waals surface area (Å²) in [7, 11) is 0. The lowest BCUT2D eigenvalue weighted by molar-refractivity contribution is -0.116. The molecule has 0 aromatic carbocycles. The van der Waals surface area contributed by atoms with Gasteiger partial charge in [0.15, 0.2) is 0 Å². The highest BCUT2D eigenvalue weighted by molar-refractivity contribution is 7.99. The number of thioether (sulfide) groups is 1. The predicted molar refractivity (Wildman–Crippen MR) is 194 cm³/mol. The number of hydrogen-bond donors (Lipinski definition) is 2. The summed E-state index contributed by atoms with van der Waals surface area (Å²) in [5.41, 5.74) is 3.43. The standard InChI is InChI=1S/C36H52N2O6S3/c1-9-43-33(41)29-23-13-11-21(35(3,4)5)19-25(23)46-31(29)37-27(39)15-17-45-18-16-28(40)38-32-30(34(42)44-10-2)24-14-12-22(36(6,7)8)20-26(24)47-32/h21-22H,9-20H2,1-8H3,(H,37,39)(H,38,40). The molecule has 0 radical (unpaired) electrons. The zero-order valence-electron chi connectivity index (χ0n) is 29.3. The van der Waals surface area contributed by atoms with Crippen molar-refractivity contribution in [3.05, 3.63) is 32.0 Å². The van der Waals surface area contributed by atoms with Crippen molar-refractivity contribution >= 4 is 68.2 Å². The van der Waals surface area contributed by atoms with Crippen LogP contribution in [0.5, 0.6) is 0 Å². The molecule has 47 heavy (non-hydrogen) atoms. The SMILES string of the molecule is CCOC(=O)c1c(NC(=O)CCSCCC(=O)Nc2sc3c(c2C(=O)OCC)CCC(C(C)(C)C)C3)sc2c1CCC(C(C)(C)C)C2. The van der Waals surface area contributed by atoms with Crippen molar-refractivity contribution in [1.82, 2.24) is 0 Å². The number of nitrogens with one attached hydrogen (secondary N) is 2. The second-order valence-corrected chi connectivity index (χ2v) is 18.1. The minimum Gasteiger partial charge on any atom is -0.462 e. The van der Waals surface area contributed by atoms with Gasteiger partial charge in [0.1, 0.15) is 10.0 Å². The van der Waals surface area contributed by atoms with Crippen LogP contribution in [-0.2, 0) is 44.7 Å². The number of fused-ring (bicyclic) bond motifs is 2. The van der Waals surface area contributed by atoms with Crippen molar-refractivity contribution in [2.24, 2.45) is 22.7 Å². The van der Waals surface area contributed by atoms with Crippen molar-refractivity contribution in [3.63, 3.8) is 0 Å². The molecule has 0 saturated carbocycles. The summed E-state index contributed by atoms with van der Waals surface area (Å²) in [5, 5.41) is 7.17. The van der Waals surface area contributed by atoms with Gasteiger partial charge in [-0.25, -0.2) is 9.59 Å². The molecule has 11 heteroatoms. The van der Waals surface area contributed by atoms with Crippen LogP contribution in [0.2, 0.25) is 0 Å². The normalized spacial score (nSPS) is 17.8. The first kappa shape index (κ1) is 37.4. The van der Waals surface area contributed by atoms with E-state index >= 15 is 0 Å². The lowest BCUT2D eigenvalue weighted by Gasteiger charge is -2.33. The molecule has 2 heterocycles. The Balaban J connectivity index is 1.30. The van der Waals surface area contributed by atoms with Crippen LogP contribution in [0.4, 0.5) is 10.0 Å². The molecular weight excluding hydrogens is 653 g/mol. The smallest absolute Gasteiger partial charge is 0.341 e. The number of rotatable bonds is 12. The second-order valence-electron chi connectivity index (χ2n) is 14.7. The van der Waals surface area contributed by atoms with Gasteiger partial charge in [0.05, 0.1) is 24.3 Å². The predicted octanol–water partition coefficient (Wildman–Crippen LogP) is 8.56. The number of hydrogen-bond acceptors (Lipinski definition) is 9. The Morgan fingerprint density at radius 3 is 1.43 bits per heavy atom. The number of esters is 2. The average Bonchev–Trinajstić information content (AvgIpc) is 3.52. The molecule has 2 aliphatic rings. The van der Waals surface area contributed by atoms with E-state index < -0.39 is 0 Å². The molecule has 2 aliphatic carbocycles. The Morgan fingerprint density at radius 2 is 1.09 bits per heavy atom. The molecule has 4 rings (SSSR count). The lowest BCUT2D eigenvalue weighted by atomic mass is 9.72. The second kappa shape index (κ2) is 15.9. The summed E-state index contributed by atoms with van der Waals surface area (Å²) < 4.78 is 10.7. The van der Waals surface area contributed by atoms with Crippen molar-refractivity contribution in [1.29, 1.82) is 0 Å². The van der Waals surface area contributed by atoms with Gasteiger partial charge in [-0.05, 0) is 86.2 Å². The van der Waals surface area contributed by atoms with E-state index in [0.717, 1.165) is 49.7 Å². The van der Waals surface area contributed by atoms with E-state index in [1.54, 1.807) is 13.8 Å². The van der Waals surface area contributed by atoms with Crippen molar-refractivity contribution in [2.45, 2.75) is 107 Å². The molecule has 0 spiro atoms. The van der Waals surface area contributed by atoms with Gasteiger partial charge in [-0.1, -0.05) is 41.5 Å². The average molecular weight is 705 g/mol. The minimum absolute atomic E-state index is 0.157. The fourth-order valence-electron chi connectivity index (χ4n) is 6.47. The van der Waals surface area contributed by atoms with Gasteiger partial charge in [0.2, 0.25) is 11.8 Å². The maximum atomic E-state index is 13.0. The molecule has 260 valence electrons. The summed E-state index contributed by atoms with van der Waals surface area (Å²) in [6, 6.07) is 0. The van der Waals surface area contributed by atoms with E-state index in [-0.39, 0.29) is 60.6 Å². The van der Waals surface area contributed by atoms with Crippen LogP contribution < -0.4 is 10.6 Å². The Labute approximate surface area is 292 Å². The van der Waals surface area contributed by atoms with Gasteiger partial charge in [-0.2, -0.15) is 11.8 Å². The number of anilines is 2. The van der Waals surface area contributed by atoms with Crippen LogP contribution in [0.15, 0.2) is 0 Å². The number of carbonyl (C=O) groups excluding carboxylic acids is 4. The van der Waals surface area contributed by atoms with Crippen molar-refractivity contribution in [2.75, 3.05) is 35.4 Å². The first-order valence-corrected chi connectivity index (χ1v) is 19.7. The highest BCUT2D eigenvalue weighted by Gasteiger charge is 2.36. The summed E-state index contributed by atoms with van der Waals surface area (Å²) in [5.74, 6) is 1.06. The van der Waals surface area contributed by atoms with E-state index in [4.69, 9.17) is 9.47 Å². The van der Waals surface area contributed by atoms with Gasteiger partial charge in [-0.15, -0.1) is 22.7 Å². The van der Waals surface area contributed by atoms with E-state index in [2.05, 4.69) is 52.2 Å².